The number of fused-ring (bicyclic) bond motifs is 1. The maximum atomic E-state index is 12.3. The smallest absolute Gasteiger partial charge is 0.320 e. The van der Waals surface area contributed by atoms with E-state index in [4.69, 9.17) is 4.52 Å². The number of nitrogens with one attached hydrogen (secondary N) is 3. The molecule has 0 bridgehead atoms. The molecule has 27 heavy (non-hydrogen) atoms. The van der Waals surface area contributed by atoms with Gasteiger partial charge in [0, 0.05) is 23.7 Å². The van der Waals surface area contributed by atoms with E-state index in [1.165, 1.54) is 0 Å². The highest BCUT2D eigenvalue weighted by molar-refractivity contribution is 5.95. The molecule has 0 saturated carbocycles. The number of amides is 2. The monoisotopic (exact) mass is 362 g/mol. The molecular formula is C19H18N6O2. The second kappa shape index (κ2) is 6.91. The van der Waals surface area contributed by atoms with Gasteiger partial charge in [0.05, 0.1) is 11.6 Å². The minimum atomic E-state index is -0.329. The summed E-state index contributed by atoms with van der Waals surface area (Å²) in [6.07, 6.45) is 1.65. The van der Waals surface area contributed by atoms with Crippen molar-refractivity contribution in [3.8, 4) is 11.4 Å². The van der Waals surface area contributed by atoms with E-state index in [2.05, 4.69) is 31.0 Å². The number of H-pyrrole nitrogens is 1. The van der Waals surface area contributed by atoms with E-state index in [-0.39, 0.29) is 12.1 Å². The number of rotatable bonds is 4. The third-order valence-corrected chi connectivity index (χ3v) is 4.21. The number of aromatic nitrogens is 4. The molecule has 0 aliphatic carbocycles. The molecular weight excluding hydrogens is 344 g/mol. The molecule has 4 rings (SSSR count). The molecule has 4 aromatic rings. The molecule has 3 N–H and O–H groups in total. The molecule has 2 amide bonds. The number of hydrogen-bond donors (Lipinski definition) is 3. The number of anilines is 1. The summed E-state index contributed by atoms with van der Waals surface area (Å²) in [5, 5.41) is 17.6. The first-order chi connectivity index (χ1) is 13.1. The van der Waals surface area contributed by atoms with Crippen molar-refractivity contribution in [3.05, 3.63) is 60.0 Å². The number of aromatic amines is 1. The fourth-order valence-corrected chi connectivity index (χ4v) is 2.83. The predicted octanol–water partition coefficient (Wildman–Crippen LogP) is 3.80. The van der Waals surface area contributed by atoms with Gasteiger partial charge < -0.3 is 9.84 Å². The van der Waals surface area contributed by atoms with Crippen LogP contribution in [0.25, 0.3) is 22.3 Å². The van der Waals surface area contributed by atoms with Crippen molar-refractivity contribution >= 4 is 22.8 Å². The molecule has 0 fully saturated rings. The SMILES string of the molecule is Cc1cc(-c2n[nH]c3cc(NC(=O)N[C@H](C)c4ccccc4)ncc23)no1. The van der Waals surface area contributed by atoms with Crippen LogP contribution >= 0.6 is 0 Å². The highest BCUT2D eigenvalue weighted by Gasteiger charge is 2.14. The number of urea groups is 1. The van der Waals surface area contributed by atoms with Crippen LogP contribution in [0.4, 0.5) is 10.6 Å². The van der Waals surface area contributed by atoms with E-state index in [0.29, 0.717) is 23.0 Å². The van der Waals surface area contributed by atoms with Gasteiger partial charge in [0.1, 0.15) is 23.0 Å². The van der Waals surface area contributed by atoms with E-state index >= 15 is 0 Å². The minimum Gasteiger partial charge on any atom is -0.361 e. The third kappa shape index (κ3) is 3.50. The van der Waals surface area contributed by atoms with Gasteiger partial charge >= 0.3 is 6.03 Å². The molecule has 0 unspecified atom stereocenters. The van der Waals surface area contributed by atoms with Crippen molar-refractivity contribution in [1.82, 2.24) is 25.7 Å². The Bertz CT molecular complexity index is 1090. The van der Waals surface area contributed by atoms with Crippen LogP contribution in [0, 0.1) is 6.92 Å². The molecule has 3 aromatic heterocycles. The van der Waals surface area contributed by atoms with Crippen LogP contribution in [-0.2, 0) is 0 Å². The van der Waals surface area contributed by atoms with Crippen LogP contribution < -0.4 is 10.6 Å². The van der Waals surface area contributed by atoms with Crippen LogP contribution in [0.5, 0.6) is 0 Å². The summed E-state index contributed by atoms with van der Waals surface area (Å²) in [6, 6.07) is 12.8. The lowest BCUT2D eigenvalue weighted by Gasteiger charge is -2.14. The number of hydrogen-bond acceptors (Lipinski definition) is 5. The normalized spacial score (nSPS) is 12.1. The van der Waals surface area contributed by atoms with Crippen molar-refractivity contribution in [3.63, 3.8) is 0 Å². The zero-order valence-corrected chi connectivity index (χ0v) is 14.9. The topological polar surface area (TPSA) is 109 Å². The van der Waals surface area contributed by atoms with Crippen LogP contribution in [0.2, 0.25) is 0 Å². The summed E-state index contributed by atoms with van der Waals surface area (Å²) in [6.45, 7) is 3.74. The molecule has 3 heterocycles. The Morgan fingerprint density at radius 2 is 2.04 bits per heavy atom. The van der Waals surface area contributed by atoms with E-state index in [0.717, 1.165) is 16.5 Å². The average Bonchev–Trinajstić information content (AvgIpc) is 3.27. The fraction of sp³-hybridized carbons (Fsp3) is 0.158. The summed E-state index contributed by atoms with van der Waals surface area (Å²) < 4.78 is 5.10. The highest BCUT2D eigenvalue weighted by atomic mass is 16.5. The van der Waals surface area contributed by atoms with Crippen LogP contribution in [0.15, 0.2) is 53.2 Å². The molecule has 1 atom stereocenters. The summed E-state index contributed by atoms with van der Waals surface area (Å²) >= 11 is 0. The second-order valence-corrected chi connectivity index (χ2v) is 6.24. The van der Waals surface area contributed by atoms with E-state index < -0.39 is 0 Å². The van der Waals surface area contributed by atoms with Gasteiger partial charge in [-0.15, -0.1) is 0 Å². The van der Waals surface area contributed by atoms with Gasteiger partial charge in [-0.1, -0.05) is 35.5 Å². The van der Waals surface area contributed by atoms with Gasteiger partial charge in [-0.25, -0.2) is 9.78 Å². The van der Waals surface area contributed by atoms with Crippen molar-refractivity contribution in [1.29, 1.82) is 0 Å². The lowest BCUT2D eigenvalue weighted by Crippen LogP contribution is -2.31. The molecule has 8 nitrogen and oxygen atoms in total. The van der Waals surface area contributed by atoms with Gasteiger partial charge in [0.15, 0.2) is 0 Å². The lowest BCUT2D eigenvalue weighted by atomic mass is 10.1. The number of carbonyl (C=O) groups excluding carboxylic acids is 1. The molecule has 8 heteroatoms. The number of benzene rings is 1. The number of pyridine rings is 1. The Labute approximate surface area is 155 Å². The Morgan fingerprint density at radius 3 is 2.78 bits per heavy atom. The fourth-order valence-electron chi connectivity index (χ4n) is 2.83. The summed E-state index contributed by atoms with van der Waals surface area (Å²) in [5.74, 6) is 1.13. The highest BCUT2D eigenvalue weighted by Crippen LogP contribution is 2.26. The first-order valence-electron chi connectivity index (χ1n) is 8.50. The van der Waals surface area contributed by atoms with E-state index in [1.54, 1.807) is 18.3 Å². The van der Waals surface area contributed by atoms with Crippen LogP contribution in [0.3, 0.4) is 0 Å². The average molecular weight is 362 g/mol. The zero-order valence-electron chi connectivity index (χ0n) is 14.9. The Balaban J connectivity index is 1.49. The molecule has 0 saturated heterocycles. The summed E-state index contributed by atoms with van der Waals surface area (Å²) in [5.41, 5.74) is 3.06. The number of aryl methyl sites for hydroxylation is 1. The maximum Gasteiger partial charge on any atom is 0.320 e. The maximum absolute atomic E-state index is 12.3. The van der Waals surface area contributed by atoms with Gasteiger partial charge in [-0.05, 0) is 19.4 Å². The van der Waals surface area contributed by atoms with Crippen LogP contribution in [-0.4, -0.2) is 26.4 Å². The summed E-state index contributed by atoms with van der Waals surface area (Å²) in [4.78, 5) is 16.6. The van der Waals surface area contributed by atoms with Crippen molar-refractivity contribution in [2.24, 2.45) is 0 Å². The van der Waals surface area contributed by atoms with Crippen LogP contribution in [0.1, 0.15) is 24.3 Å². The van der Waals surface area contributed by atoms with Gasteiger partial charge in [-0.3, -0.25) is 10.4 Å². The first kappa shape index (κ1) is 16.8. The summed E-state index contributed by atoms with van der Waals surface area (Å²) in [7, 11) is 0. The zero-order chi connectivity index (χ0) is 18.8. The minimum absolute atomic E-state index is 0.121. The predicted molar refractivity (Wildman–Crippen MR) is 101 cm³/mol. The van der Waals surface area contributed by atoms with Gasteiger partial charge in [-0.2, -0.15) is 5.10 Å². The number of nitrogens with zero attached hydrogens (tertiary/aromatic N) is 3. The second-order valence-electron chi connectivity index (χ2n) is 6.24. The molecule has 0 spiro atoms. The van der Waals surface area contributed by atoms with Crippen molar-refractivity contribution in [2.45, 2.75) is 19.9 Å². The van der Waals surface area contributed by atoms with Gasteiger partial charge in [0.2, 0.25) is 0 Å². The van der Waals surface area contributed by atoms with Crippen molar-refractivity contribution in [2.75, 3.05) is 5.32 Å². The van der Waals surface area contributed by atoms with E-state index in [9.17, 15) is 4.79 Å². The molecule has 136 valence electrons. The Morgan fingerprint density at radius 1 is 1.22 bits per heavy atom. The Kier molecular flexibility index (Phi) is 4.29. The first-order valence-corrected chi connectivity index (χ1v) is 8.50. The largest absolute Gasteiger partial charge is 0.361 e. The Hall–Kier alpha value is -3.68. The molecule has 1 aromatic carbocycles. The quantitative estimate of drug-likeness (QED) is 0.511. The molecule has 0 aliphatic rings. The molecule has 0 radical (unpaired) electrons. The van der Waals surface area contributed by atoms with E-state index in [1.807, 2.05) is 44.2 Å². The van der Waals surface area contributed by atoms with Crippen molar-refractivity contribution < 1.29 is 9.32 Å². The lowest BCUT2D eigenvalue weighted by molar-refractivity contribution is 0.249. The molecule has 0 aliphatic heterocycles. The van der Waals surface area contributed by atoms with Gasteiger partial charge in [0.25, 0.3) is 0 Å². The standard InChI is InChI=1S/C19H18N6O2/c1-11-8-16(25-27-11)18-14-10-20-17(9-15(14)23-24-18)22-19(26)21-12(2)13-6-4-3-5-7-13/h3-10,12H,1-2H3,(H,23,24)(H2,20,21,22,26)/t12-/m1/s1. The number of carbonyl (C=O) groups is 1. The third-order valence-electron chi connectivity index (χ3n) is 4.21.